The molecule has 2 aromatic heterocycles. The van der Waals surface area contributed by atoms with Gasteiger partial charge in [-0.15, -0.1) is 0 Å². The number of hydrogen-bond acceptors (Lipinski definition) is 6. The number of pyridine rings is 1. The number of benzene rings is 2. The molecule has 4 aromatic rings. The highest BCUT2D eigenvalue weighted by Crippen LogP contribution is 2.32. The quantitative estimate of drug-likeness (QED) is 0.436. The molecule has 0 saturated carbocycles. The Morgan fingerprint density at radius 3 is 2.61 bits per heavy atom. The molecule has 2 N–H and O–H groups in total. The third-order valence-corrected chi connectivity index (χ3v) is 5.59. The Balaban J connectivity index is 1.41. The fourth-order valence-corrected chi connectivity index (χ4v) is 3.90. The number of morpholine rings is 1. The average molecular weight is 469 g/mol. The third-order valence-electron chi connectivity index (χ3n) is 5.30. The van der Waals surface area contributed by atoms with Crippen molar-refractivity contribution in [2.75, 3.05) is 31.2 Å². The maximum absolute atomic E-state index is 13.6. The lowest BCUT2D eigenvalue weighted by atomic mass is 10.1. The third kappa shape index (κ3) is 4.33. The summed E-state index contributed by atoms with van der Waals surface area (Å²) in [6.45, 7) is 3.13. The van der Waals surface area contributed by atoms with Crippen molar-refractivity contribution >= 4 is 34.4 Å². The number of imidazole rings is 1. The Morgan fingerprint density at radius 1 is 1.12 bits per heavy atom. The van der Waals surface area contributed by atoms with E-state index >= 15 is 0 Å². The highest BCUT2D eigenvalue weighted by atomic mass is 35.5. The fourth-order valence-electron chi connectivity index (χ4n) is 3.64. The zero-order chi connectivity index (χ0) is 22.9. The van der Waals surface area contributed by atoms with Crippen LogP contribution in [0.2, 0.25) is 5.02 Å². The highest BCUT2D eigenvalue weighted by molar-refractivity contribution is 6.33. The minimum atomic E-state index is -1.39. The van der Waals surface area contributed by atoms with E-state index in [1.807, 2.05) is 24.3 Å². The summed E-state index contributed by atoms with van der Waals surface area (Å²) in [5, 5.41) is 9.52. The summed E-state index contributed by atoms with van der Waals surface area (Å²) >= 11 is 6.48. The van der Waals surface area contributed by atoms with E-state index in [1.54, 1.807) is 6.07 Å². The molecule has 168 valence electrons. The van der Waals surface area contributed by atoms with Crippen LogP contribution in [0.15, 0.2) is 48.5 Å². The van der Waals surface area contributed by atoms with E-state index in [9.17, 15) is 9.18 Å². The SMILES string of the molecule is O=C(O)c1cc(Oc2nc3nc(-c4ccc(N5CCOCC5)cc4)c(Cl)cc3[nH]2)ccc1F. The molecule has 5 rings (SSSR count). The number of aromatic amines is 1. The Bertz CT molecular complexity index is 1340. The second-order valence-electron chi connectivity index (χ2n) is 7.43. The van der Waals surface area contributed by atoms with Crippen molar-refractivity contribution in [3.8, 4) is 23.0 Å². The lowest BCUT2D eigenvalue weighted by molar-refractivity contribution is 0.0691. The number of aromatic carboxylic acids is 1. The van der Waals surface area contributed by atoms with E-state index in [1.165, 1.54) is 6.07 Å². The minimum absolute atomic E-state index is 0.0799. The maximum atomic E-state index is 13.6. The monoisotopic (exact) mass is 468 g/mol. The lowest BCUT2D eigenvalue weighted by Gasteiger charge is -2.28. The number of halogens is 2. The average Bonchev–Trinajstić information content (AvgIpc) is 3.21. The molecule has 1 fully saturated rings. The molecule has 10 heteroatoms. The van der Waals surface area contributed by atoms with Gasteiger partial charge in [0, 0.05) is 24.3 Å². The molecule has 2 aromatic carbocycles. The molecular formula is C23H18ClFN4O4. The lowest BCUT2D eigenvalue weighted by Crippen LogP contribution is -2.36. The smallest absolute Gasteiger partial charge is 0.338 e. The van der Waals surface area contributed by atoms with Crippen molar-refractivity contribution in [3.05, 3.63) is 64.9 Å². The second-order valence-corrected chi connectivity index (χ2v) is 7.83. The van der Waals surface area contributed by atoms with Crippen LogP contribution in [0.4, 0.5) is 10.1 Å². The Morgan fingerprint density at radius 2 is 1.88 bits per heavy atom. The van der Waals surface area contributed by atoms with Crippen molar-refractivity contribution in [2.24, 2.45) is 0 Å². The molecule has 8 nitrogen and oxygen atoms in total. The highest BCUT2D eigenvalue weighted by Gasteiger charge is 2.16. The zero-order valence-corrected chi connectivity index (χ0v) is 18.0. The number of carboxylic acid groups (broad SMARTS) is 1. The van der Waals surface area contributed by atoms with Gasteiger partial charge in [0.05, 0.1) is 35.0 Å². The van der Waals surface area contributed by atoms with Gasteiger partial charge in [-0.2, -0.15) is 4.98 Å². The number of nitrogens with one attached hydrogen (secondary N) is 1. The van der Waals surface area contributed by atoms with Gasteiger partial charge in [0.25, 0.3) is 0 Å². The molecule has 0 bridgehead atoms. The predicted octanol–water partition coefficient (Wildman–Crippen LogP) is 4.74. The van der Waals surface area contributed by atoms with Crippen LogP contribution in [0.5, 0.6) is 11.8 Å². The fraction of sp³-hybridized carbons (Fsp3) is 0.174. The number of carboxylic acids is 1. The molecule has 0 unspecified atom stereocenters. The van der Waals surface area contributed by atoms with Crippen LogP contribution in [-0.4, -0.2) is 52.3 Å². The van der Waals surface area contributed by atoms with Crippen LogP contribution in [0.3, 0.4) is 0 Å². The first-order valence-corrected chi connectivity index (χ1v) is 10.6. The number of H-pyrrole nitrogens is 1. The van der Waals surface area contributed by atoms with Gasteiger partial charge in [-0.05, 0) is 36.4 Å². The molecule has 0 spiro atoms. The standard InChI is InChI=1S/C23H18ClFN4O4/c24-17-12-19-21(28-23(26-19)33-15-5-6-18(25)16(11-15)22(30)31)27-20(17)13-1-3-14(4-2-13)29-7-9-32-10-8-29/h1-6,11-12H,7-10H2,(H,30,31)(H,26,27,28). The first kappa shape index (κ1) is 21.2. The van der Waals surface area contributed by atoms with Crippen LogP contribution in [0.25, 0.3) is 22.4 Å². The zero-order valence-electron chi connectivity index (χ0n) is 17.2. The molecular weight excluding hydrogens is 451 g/mol. The van der Waals surface area contributed by atoms with E-state index in [4.69, 9.17) is 26.2 Å². The normalized spacial score (nSPS) is 13.9. The van der Waals surface area contributed by atoms with Crippen LogP contribution in [0.1, 0.15) is 10.4 Å². The van der Waals surface area contributed by atoms with Crippen LogP contribution >= 0.6 is 11.6 Å². The van der Waals surface area contributed by atoms with Crippen molar-refractivity contribution < 1.29 is 23.8 Å². The number of carbonyl (C=O) groups is 1. The summed E-state index contributed by atoms with van der Waals surface area (Å²) in [6.07, 6.45) is 0. The van der Waals surface area contributed by atoms with Gasteiger partial charge in [-0.25, -0.2) is 14.2 Å². The van der Waals surface area contributed by atoms with Crippen molar-refractivity contribution in [2.45, 2.75) is 0 Å². The van der Waals surface area contributed by atoms with Gasteiger partial charge in [0.15, 0.2) is 5.65 Å². The van der Waals surface area contributed by atoms with Gasteiger partial charge < -0.3 is 24.5 Å². The largest absolute Gasteiger partial charge is 0.478 e. The minimum Gasteiger partial charge on any atom is -0.478 e. The molecule has 0 radical (unpaired) electrons. The number of rotatable bonds is 5. The number of ether oxygens (including phenoxy) is 2. The van der Waals surface area contributed by atoms with Crippen molar-refractivity contribution in [1.82, 2.24) is 15.0 Å². The summed E-state index contributed by atoms with van der Waals surface area (Å²) in [4.78, 5) is 25.2. The second kappa shape index (κ2) is 8.68. The summed E-state index contributed by atoms with van der Waals surface area (Å²) in [6, 6.07) is 13.2. The van der Waals surface area contributed by atoms with E-state index in [0.717, 1.165) is 36.5 Å². The number of fused-ring (bicyclic) bond motifs is 1. The molecule has 0 atom stereocenters. The number of aromatic nitrogens is 3. The number of anilines is 1. The maximum Gasteiger partial charge on any atom is 0.338 e. The molecule has 1 aliphatic heterocycles. The summed E-state index contributed by atoms with van der Waals surface area (Å²) in [7, 11) is 0. The first-order chi connectivity index (χ1) is 16.0. The Labute approximate surface area is 192 Å². The molecule has 1 aliphatic rings. The summed E-state index contributed by atoms with van der Waals surface area (Å²) < 4.78 is 24.6. The molecule has 0 amide bonds. The van der Waals surface area contributed by atoms with Gasteiger partial charge in [-0.3, -0.25) is 0 Å². The van der Waals surface area contributed by atoms with Gasteiger partial charge in [0.1, 0.15) is 11.6 Å². The van der Waals surface area contributed by atoms with E-state index in [0.29, 0.717) is 35.1 Å². The number of nitrogens with zero attached hydrogens (tertiary/aromatic N) is 3. The van der Waals surface area contributed by atoms with Crippen LogP contribution in [-0.2, 0) is 4.74 Å². The first-order valence-electron chi connectivity index (χ1n) is 10.2. The van der Waals surface area contributed by atoms with E-state index < -0.39 is 17.3 Å². The summed E-state index contributed by atoms with van der Waals surface area (Å²) in [5.74, 6) is -2.12. The topological polar surface area (TPSA) is 101 Å². The van der Waals surface area contributed by atoms with Crippen molar-refractivity contribution in [3.63, 3.8) is 0 Å². The van der Waals surface area contributed by atoms with Gasteiger partial charge in [0.2, 0.25) is 0 Å². The van der Waals surface area contributed by atoms with Gasteiger partial charge in [-0.1, -0.05) is 23.7 Å². The van der Waals surface area contributed by atoms with Gasteiger partial charge >= 0.3 is 12.0 Å². The molecule has 1 saturated heterocycles. The molecule has 33 heavy (non-hydrogen) atoms. The predicted molar refractivity (Wildman–Crippen MR) is 121 cm³/mol. The number of hydrogen-bond donors (Lipinski definition) is 2. The van der Waals surface area contributed by atoms with E-state index in [-0.39, 0.29) is 11.8 Å². The summed E-state index contributed by atoms with van der Waals surface area (Å²) in [5.41, 5.74) is 2.95. The molecule has 3 heterocycles. The Kier molecular flexibility index (Phi) is 5.57. The van der Waals surface area contributed by atoms with Crippen LogP contribution in [0, 0.1) is 5.82 Å². The van der Waals surface area contributed by atoms with E-state index in [2.05, 4.69) is 19.9 Å². The Hall–Kier alpha value is -3.69. The van der Waals surface area contributed by atoms with Crippen LogP contribution < -0.4 is 9.64 Å². The molecule has 0 aliphatic carbocycles. The van der Waals surface area contributed by atoms with Crippen molar-refractivity contribution in [1.29, 1.82) is 0 Å².